The van der Waals surface area contributed by atoms with Gasteiger partial charge in [0, 0.05) is 23.8 Å². The summed E-state index contributed by atoms with van der Waals surface area (Å²) in [6.07, 6.45) is 3.26. The number of nitrogens with zero attached hydrogens (tertiary/aromatic N) is 2. The van der Waals surface area contributed by atoms with Gasteiger partial charge in [0.05, 0.1) is 17.6 Å². The first-order valence-electron chi connectivity index (χ1n) is 7.69. The SMILES string of the molecule is NC(=O)NCC(=O)Nc1cccc(NC(=O)c2cc3cccnn3c2)c1. The summed E-state index contributed by atoms with van der Waals surface area (Å²) in [5.74, 6) is -0.730. The standard InChI is InChI=1S/C17H16N6O3/c18-17(26)19-9-15(24)21-12-3-1-4-13(8-12)22-16(25)11-7-14-5-2-6-20-23(14)10-11/h1-8,10H,9H2,(H,21,24)(H,22,25)(H3,18,19,26). The third kappa shape index (κ3) is 4.15. The average Bonchev–Trinajstić information content (AvgIpc) is 3.04. The van der Waals surface area contributed by atoms with Crippen molar-refractivity contribution < 1.29 is 14.4 Å². The van der Waals surface area contributed by atoms with Crippen LogP contribution in [0.1, 0.15) is 10.4 Å². The van der Waals surface area contributed by atoms with Gasteiger partial charge < -0.3 is 21.7 Å². The molecule has 9 nitrogen and oxygen atoms in total. The van der Waals surface area contributed by atoms with Crippen LogP contribution in [0.3, 0.4) is 0 Å². The molecular formula is C17H16N6O3. The maximum Gasteiger partial charge on any atom is 0.312 e. The molecule has 1 aromatic carbocycles. The second-order valence-electron chi connectivity index (χ2n) is 5.42. The highest BCUT2D eigenvalue weighted by atomic mass is 16.2. The molecule has 0 saturated heterocycles. The number of benzene rings is 1. The molecular weight excluding hydrogens is 336 g/mol. The molecule has 0 fully saturated rings. The molecule has 0 spiro atoms. The van der Waals surface area contributed by atoms with Gasteiger partial charge in [-0.3, -0.25) is 9.59 Å². The fourth-order valence-electron chi connectivity index (χ4n) is 2.32. The number of carbonyl (C=O) groups is 3. The first kappa shape index (κ1) is 17.0. The highest BCUT2D eigenvalue weighted by Crippen LogP contribution is 2.17. The molecule has 4 amide bonds. The third-order valence-electron chi connectivity index (χ3n) is 3.46. The van der Waals surface area contributed by atoms with E-state index in [1.165, 1.54) is 0 Å². The zero-order valence-corrected chi connectivity index (χ0v) is 13.6. The van der Waals surface area contributed by atoms with Crippen molar-refractivity contribution in [3.8, 4) is 0 Å². The Labute approximate surface area is 148 Å². The van der Waals surface area contributed by atoms with Gasteiger partial charge >= 0.3 is 6.03 Å². The summed E-state index contributed by atoms with van der Waals surface area (Å²) in [6.45, 7) is -0.240. The summed E-state index contributed by atoms with van der Waals surface area (Å²) in [5.41, 5.74) is 7.17. The van der Waals surface area contributed by atoms with Gasteiger partial charge in [0.15, 0.2) is 0 Å². The summed E-state index contributed by atoms with van der Waals surface area (Å²) in [7, 11) is 0. The molecule has 0 aliphatic heterocycles. The fourth-order valence-corrected chi connectivity index (χ4v) is 2.32. The molecule has 2 heterocycles. The summed E-state index contributed by atoms with van der Waals surface area (Å²) < 4.78 is 1.61. The lowest BCUT2D eigenvalue weighted by Gasteiger charge is -2.08. The third-order valence-corrected chi connectivity index (χ3v) is 3.46. The molecule has 9 heteroatoms. The van der Waals surface area contributed by atoms with Crippen LogP contribution in [0.25, 0.3) is 5.52 Å². The molecule has 3 aromatic rings. The highest BCUT2D eigenvalue weighted by molar-refractivity contribution is 6.05. The van der Waals surface area contributed by atoms with Crippen LogP contribution < -0.4 is 21.7 Å². The minimum Gasteiger partial charge on any atom is -0.352 e. The monoisotopic (exact) mass is 352 g/mol. The summed E-state index contributed by atoms with van der Waals surface area (Å²) >= 11 is 0. The molecule has 5 N–H and O–H groups in total. The van der Waals surface area contributed by atoms with Gasteiger partial charge in [-0.25, -0.2) is 9.31 Å². The number of nitrogens with one attached hydrogen (secondary N) is 3. The van der Waals surface area contributed by atoms with Crippen LogP contribution in [0.4, 0.5) is 16.2 Å². The largest absolute Gasteiger partial charge is 0.352 e. The number of primary amides is 1. The molecule has 132 valence electrons. The molecule has 0 aliphatic rings. The molecule has 0 saturated carbocycles. The number of urea groups is 1. The topological polar surface area (TPSA) is 131 Å². The number of carbonyl (C=O) groups excluding carboxylic acids is 3. The van der Waals surface area contributed by atoms with E-state index in [0.29, 0.717) is 16.9 Å². The van der Waals surface area contributed by atoms with Crippen LogP contribution in [0, 0.1) is 0 Å². The Morgan fingerprint density at radius 1 is 1.04 bits per heavy atom. The molecule has 3 rings (SSSR count). The van der Waals surface area contributed by atoms with E-state index in [-0.39, 0.29) is 12.5 Å². The van der Waals surface area contributed by atoms with E-state index >= 15 is 0 Å². The van der Waals surface area contributed by atoms with Crippen molar-refractivity contribution in [2.75, 3.05) is 17.2 Å². The van der Waals surface area contributed by atoms with Crippen LogP contribution in [0.5, 0.6) is 0 Å². The van der Waals surface area contributed by atoms with Gasteiger partial charge in [-0.2, -0.15) is 5.10 Å². The van der Waals surface area contributed by atoms with Crippen molar-refractivity contribution >= 4 is 34.7 Å². The summed E-state index contributed by atoms with van der Waals surface area (Å²) in [5, 5.41) is 11.7. The van der Waals surface area contributed by atoms with Crippen LogP contribution in [-0.4, -0.2) is 34.0 Å². The van der Waals surface area contributed by atoms with E-state index in [1.54, 1.807) is 53.3 Å². The zero-order chi connectivity index (χ0) is 18.5. The Kier molecular flexibility index (Phi) is 4.79. The predicted molar refractivity (Wildman–Crippen MR) is 95.8 cm³/mol. The minimum atomic E-state index is -0.782. The van der Waals surface area contributed by atoms with Crippen LogP contribution in [-0.2, 0) is 4.79 Å². The molecule has 0 unspecified atom stereocenters. The highest BCUT2D eigenvalue weighted by Gasteiger charge is 2.10. The number of nitrogens with two attached hydrogens (primary N) is 1. The van der Waals surface area contributed by atoms with E-state index < -0.39 is 11.9 Å². The van der Waals surface area contributed by atoms with E-state index in [4.69, 9.17) is 5.73 Å². The Bertz CT molecular complexity index is 948. The number of hydrogen-bond acceptors (Lipinski definition) is 4. The predicted octanol–water partition coefficient (Wildman–Crippen LogP) is 1.19. The van der Waals surface area contributed by atoms with Crippen LogP contribution in [0.15, 0.2) is 54.9 Å². The summed E-state index contributed by atoms with van der Waals surface area (Å²) in [4.78, 5) is 34.7. The minimum absolute atomic E-state index is 0.240. The fraction of sp³-hybridized carbons (Fsp3) is 0.0588. The number of fused-ring (bicyclic) bond motifs is 1. The van der Waals surface area contributed by atoms with Crippen molar-refractivity contribution in [1.82, 2.24) is 14.9 Å². The quantitative estimate of drug-likeness (QED) is 0.549. The van der Waals surface area contributed by atoms with Gasteiger partial charge in [0.25, 0.3) is 5.91 Å². The van der Waals surface area contributed by atoms with Gasteiger partial charge in [-0.05, 0) is 36.4 Å². The van der Waals surface area contributed by atoms with Crippen LogP contribution in [0.2, 0.25) is 0 Å². The van der Waals surface area contributed by atoms with Gasteiger partial charge in [0.2, 0.25) is 5.91 Å². The van der Waals surface area contributed by atoms with Gasteiger partial charge in [0.1, 0.15) is 0 Å². The van der Waals surface area contributed by atoms with Crippen molar-refractivity contribution in [2.24, 2.45) is 5.73 Å². The normalized spacial score (nSPS) is 10.3. The molecule has 0 bridgehead atoms. The zero-order valence-electron chi connectivity index (χ0n) is 13.6. The maximum atomic E-state index is 12.4. The van der Waals surface area contributed by atoms with E-state index in [1.807, 2.05) is 6.07 Å². The van der Waals surface area contributed by atoms with E-state index in [2.05, 4.69) is 21.0 Å². The lowest BCUT2D eigenvalue weighted by Crippen LogP contribution is -2.36. The molecule has 2 aromatic heterocycles. The Morgan fingerprint density at radius 3 is 2.54 bits per heavy atom. The lowest BCUT2D eigenvalue weighted by atomic mass is 10.2. The molecule has 0 radical (unpaired) electrons. The first-order chi connectivity index (χ1) is 12.5. The number of amides is 4. The second-order valence-corrected chi connectivity index (χ2v) is 5.42. The smallest absolute Gasteiger partial charge is 0.312 e. The number of aromatic nitrogens is 2. The molecule has 26 heavy (non-hydrogen) atoms. The number of anilines is 2. The van der Waals surface area contributed by atoms with Crippen LogP contribution >= 0.6 is 0 Å². The van der Waals surface area contributed by atoms with E-state index in [9.17, 15) is 14.4 Å². The Morgan fingerprint density at radius 2 is 1.81 bits per heavy atom. The molecule has 0 aliphatic carbocycles. The average molecular weight is 352 g/mol. The maximum absolute atomic E-state index is 12.4. The van der Waals surface area contributed by atoms with Gasteiger partial charge in [-0.15, -0.1) is 0 Å². The number of hydrogen-bond donors (Lipinski definition) is 4. The Hall–Kier alpha value is -3.88. The number of rotatable bonds is 5. The second kappa shape index (κ2) is 7.34. The van der Waals surface area contributed by atoms with Gasteiger partial charge in [-0.1, -0.05) is 6.07 Å². The van der Waals surface area contributed by atoms with Crippen molar-refractivity contribution in [2.45, 2.75) is 0 Å². The molecule has 0 atom stereocenters. The Balaban J connectivity index is 1.67. The van der Waals surface area contributed by atoms with Crippen molar-refractivity contribution in [3.05, 3.63) is 60.4 Å². The van der Waals surface area contributed by atoms with E-state index in [0.717, 1.165) is 5.52 Å². The van der Waals surface area contributed by atoms with Crippen molar-refractivity contribution in [1.29, 1.82) is 0 Å². The first-order valence-corrected chi connectivity index (χ1v) is 7.69. The summed E-state index contributed by atoms with van der Waals surface area (Å²) in [6, 6.07) is 11.2. The lowest BCUT2D eigenvalue weighted by molar-refractivity contribution is -0.115. The van der Waals surface area contributed by atoms with Crippen molar-refractivity contribution in [3.63, 3.8) is 0 Å².